The van der Waals surface area contributed by atoms with Crippen molar-refractivity contribution in [2.24, 2.45) is 5.92 Å². The van der Waals surface area contributed by atoms with Crippen LogP contribution in [0, 0.1) is 5.92 Å². The van der Waals surface area contributed by atoms with Gasteiger partial charge in [-0.05, 0) is 31.7 Å². The topological polar surface area (TPSA) is 81.9 Å². The lowest BCUT2D eigenvalue weighted by molar-refractivity contribution is -0.167. The predicted molar refractivity (Wildman–Crippen MR) is 92.7 cm³/mol. The summed E-state index contributed by atoms with van der Waals surface area (Å²) in [5.41, 5.74) is 5.72. The van der Waals surface area contributed by atoms with Crippen molar-refractivity contribution in [2.75, 3.05) is 26.0 Å². The number of anilines is 1. The van der Waals surface area contributed by atoms with Crippen molar-refractivity contribution in [3.05, 3.63) is 22.7 Å². The number of rotatable bonds is 7. The molecule has 0 radical (unpaired) electrons. The predicted octanol–water partition coefficient (Wildman–Crippen LogP) is 3.28. The Morgan fingerprint density at radius 3 is 2.52 bits per heavy atom. The number of nitrogens with zero attached hydrogens (tertiary/aromatic N) is 1. The van der Waals surface area contributed by atoms with Crippen LogP contribution in [0.2, 0.25) is 5.02 Å². The number of methoxy groups -OCH3 is 1. The molecule has 0 heterocycles. The number of nitrogens with two attached hydrogens (primary N) is 1. The number of halogens is 4. The Morgan fingerprint density at radius 1 is 1.37 bits per heavy atom. The first kappa shape index (κ1) is 21.1. The van der Waals surface area contributed by atoms with Crippen molar-refractivity contribution in [1.29, 1.82) is 0 Å². The minimum absolute atomic E-state index is 0.0306. The Bertz CT molecular complexity index is 723. The maximum absolute atomic E-state index is 12.8. The molecule has 27 heavy (non-hydrogen) atoms. The molecule has 0 aliphatic heterocycles. The molecule has 0 unspecified atom stereocenters. The van der Waals surface area contributed by atoms with Crippen molar-refractivity contribution in [3.8, 4) is 5.75 Å². The van der Waals surface area contributed by atoms with Crippen LogP contribution in [0.4, 0.5) is 18.9 Å². The Morgan fingerprint density at radius 2 is 2.00 bits per heavy atom. The van der Waals surface area contributed by atoms with Crippen LogP contribution in [0.25, 0.3) is 0 Å². The van der Waals surface area contributed by atoms with Gasteiger partial charge in [0, 0.05) is 12.1 Å². The molecule has 0 bridgehead atoms. The minimum atomic E-state index is -4.55. The molecule has 1 aromatic carbocycles. The standard InChI is InChI=1S/C17H20ClF3N2O4/c1-9(10-3-4-10)23(8-17(19,20)21)15(24)7-27-16(25)11-5-12(18)13(22)6-14(11)26-2/h5-6,9-10H,3-4,7-8,22H2,1-2H3/t9-/m1/s1. The number of benzene rings is 1. The number of carbonyl (C=O) groups is 2. The second kappa shape index (κ2) is 8.24. The zero-order chi connectivity index (χ0) is 20.4. The number of carbonyl (C=O) groups excluding carboxylic acids is 2. The second-order valence-electron chi connectivity index (χ2n) is 6.36. The van der Waals surface area contributed by atoms with E-state index in [1.165, 1.54) is 19.2 Å². The van der Waals surface area contributed by atoms with Crippen LogP contribution in [0.5, 0.6) is 5.75 Å². The van der Waals surface area contributed by atoms with E-state index in [9.17, 15) is 22.8 Å². The van der Waals surface area contributed by atoms with Gasteiger partial charge >= 0.3 is 12.1 Å². The van der Waals surface area contributed by atoms with Crippen LogP contribution >= 0.6 is 11.6 Å². The molecule has 1 aliphatic rings. The molecule has 2 rings (SSSR count). The number of nitrogen functional groups attached to an aromatic ring is 1. The fourth-order valence-corrected chi connectivity index (χ4v) is 2.83. The number of hydrogen-bond acceptors (Lipinski definition) is 5. The molecule has 1 atom stereocenters. The zero-order valence-electron chi connectivity index (χ0n) is 14.8. The third-order valence-electron chi connectivity index (χ3n) is 4.33. The van der Waals surface area contributed by atoms with Crippen molar-refractivity contribution in [2.45, 2.75) is 32.0 Å². The number of amides is 1. The van der Waals surface area contributed by atoms with Crippen LogP contribution in [0.3, 0.4) is 0 Å². The van der Waals surface area contributed by atoms with Gasteiger partial charge in [0.1, 0.15) is 17.9 Å². The van der Waals surface area contributed by atoms with Crippen molar-refractivity contribution in [1.82, 2.24) is 4.90 Å². The summed E-state index contributed by atoms with van der Waals surface area (Å²) in [6.45, 7) is -0.652. The van der Waals surface area contributed by atoms with E-state index >= 15 is 0 Å². The van der Waals surface area contributed by atoms with Gasteiger partial charge in [0.15, 0.2) is 6.61 Å². The van der Waals surface area contributed by atoms with Gasteiger partial charge in [0.25, 0.3) is 5.91 Å². The van der Waals surface area contributed by atoms with E-state index in [-0.39, 0.29) is 27.9 Å². The Hall–Kier alpha value is -2.16. The quantitative estimate of drug-likeness (QED) is 0.553. The van der Waals surface area contributed by atoms with Crippen molar-refractivity contribution >= 4 is 29.2 Å². The molecule has 2 N–H and O–H groups in total. The van der Waals surface area contributed by atoms with Gasteiger partial charge in [0.05, 0.1) is 17.8 Å². The fourth-order valence-electron chi connectivity index (χ4n) is 2.67. The fraction of sp³-hybridized carbons (Fsp3) is 0.529. The normalized spacial score (nSPS) is 15.2. The third-order valence-corrected chi connectivity index (χ3v) is 4.66. The highest BCUT2D eigenvalue weighted by molar-refractivity contribution is 6.33. The maximum atomic E-state index is 12.8. The average molecular weight is 409 g/mol. The molecule has 1 aromatic rings. The SMILES string of the molecule is COc1cc(N)c(Cl)cc1C(=O)OCC(=O)N(CC(F)(F)F)[C@H](C)C1CC1. The van der Waals surface area contributed by atoms with Gasteiger partial charge in [-0.2, -0.15) is 13.2 Å². The van der Waals surface area contributed by atoms with Gasteiger partial charge in [-0.25, -0.2) is 4.79 Å². The van der Waals surface area contributed by atoms with Crippen molar-refractivity contribution < 1.29 is 32.2 Å². The first-order chi connectivity index (χ1) is 12.5. The van der Waals surface area contributed by atoms with Crippen LogP contribution in [0.1, 0.15) is 30.1 Å². The van der Waals surface area contributed by atoms with Crippen LogP contribution < -0.4 is 10.5 Å². The summed E-state index contributed by atoms with van der Waals surface area (Å²) < 4.78 is 48.3. The molecule has 1 amide bonds. The lowest BCUT2D eigenvalue weighted by Gasteiger charge is -2.30. The monoisotopic (exact) mass is 408 g/mol. The molecule has 0 spiro atoms. The second-order valence-corrected chi connectivity index (χ2v) is 6.77. The van der Waals surface area contributed by atoms with Gasteiger partial charge in [0.2, 0.25) is 0 Å². The molecule has 10 heteroatoms. The van der Waals surface area contributed by atoms with E-state index in [1.54, 1.807) is 6.92 Å². The zero-order valence-corrected chi connectivity index (χ0v) is 15.6. The average Bonchev–Trinajstić information content (AvgIpc) is 3.42. The first-order valence-corrected chi connectivity index (χ1v) is 8.57. The van der Waals surface area contributed by atoms with E-state index in [0.717, 1.165) is 12.8 Å². The van der Waals surface area contributed by atoms with Crippen LogP contribution in [0.15, 0.2) is 12.1 Å². The van der Waals surface area contributed by atoms with E-state index in [2.05, 4.69) is 0 Å². The van der Waals surface area contributed by atoms with E-state index in [4.69, 9.17) is 26.8 Å². The smallest absolute Gasteiger partial charge is 0.406 e. The van der Waals surface area contributed by atoms with E-state index in [1.807, 2.05) is 0 Å². The van der Waals surface area contributed by atoms with E-state index < -0.39 is 37.2 Å². The summed E-state index contributed by atoms with van der Waals surface area (Å²) in [5.74, 6) is -1.76. The summed E-state index contributed by atoms with van der Waals surface area (Å²) in [6, 6.07) is 1.94. The van der Waals surface area contributed by atoms with E-state index in [0.29, 0.717) is 4.90 Å². The van der Waals surface area contributed by atoms with Crippen molar-refractivity contribution in [3.63, 3.8) is 0 Å². The number of alkyl halides is 3. The van der Waals surface area contributed by atoms with Gasteiger partial charge < -0.3 is 20.1 Å². The molecular formula is C17H20ClF3N2O4. The highest BCUT2D eigenvalue weighted by atomic mass is 35.5. The van der Waals surface area contributed by atoms with Gasteiger partial charge in [-0.3, -0.25) is 4.79 Å². The Balaban J connectivity index is 2.08. The highest BCUT2D eigenvalue weighted by Gasteiger charge is 2.40. The largest absolute Gasteiger partial charge is 0.496 e. The summed E-state index contributed by atoms with van der Waals surface area (Å²) >= 11 is 5.87. The molecule has 150 valence electrons. The lowest BCUT2D eigenvalue weighted by Crippen LogP contribution is -2.47. The summed E-state index contributed by atoms with van der Waals surface area (Å²) in [4.78, 5) is 25.2. The van der Waals surface area contributed by atoms with Crippen LogP contribution in [-0.2, 0) is 9.53 Å². The maximum Gasteiger partial charge on any atom is 0.406 e. The van der Waals surface area contributed by atoms with Gasteiger partial charge in [-0.1, -0.05) is 11.6 Å². The molecule has 1 saturated carbocycles. The highest BCUT2D eigenvalue weighted by Crippen LogP contribution is 2.36. The summed E-state index contributed by atoms with van der Waals surface area (Å²) in [7, 11) is 1.30. The Labute approximate surface area is 159 Å². The molecule has 6 nitrogen and oxygen atoms in total. The molecule has 0 aromatic heterocycles. The summed E-state index contributed by atoms with van der Waals surface area (Å²) in [5, 5.41) is 0.0788. The molecule has 1 fully saturated rings. The molecule has 0 saturated heterocycles. The number of hydrogen-bond donors (Lipinski definition) is 1. The minimum Gasteiger partial charge on any atom is -0.496 e. The molecule has 1 aliphatic carbocycles. The number of esters is 1. The van der Waals surface area contributed by atoms with Gasteiger partial charge in [-0.15, -0.1) is 0 Å². The summed E-state index contributed by atoms with van der Waals surface area (Å²) in [6.07, 6.45) is -3.01. The number of ether oxygens (including phenoxy) is 2. The third kappa shape index (κ3) is 5.66. The first-order valence-electron chi connectivity index (χ1n) is 8.20. The Kier molecular flexibility index (Phi) is 6.46. The lowest BCUT2D eigenvalue weighted by atomic mass is 10.1. The van der Waals surface area contributed by atoms with Crippen LogP contribution in [-0.4, -0.2) is 49.3 Å². The molecular weight excluding hydrogens is 389 g/mol.